The number of pyridine rings is 2. The van der Waals surface area contributed by atoms with Gasteiger partial charge in [0.2, 0.25) is 0 Å². The second-order valence-corrected chi connectivity index (χ2v) is 7.99. The quantitative estimate of drug-likeness (QED) is 0.643. The van der Waals surface area contributed by atoms with E-state index in [-0.39, 0.29) is 22.0 Å². The summed E-state index contributed by atoms with van der Waals surface area (Å²) in [5.41, 5.74) is 2.32. The van der Waals surface area contributed by atoms with Crippen LogP contribution in [0.5, 0.6) is 0 Å². The Bertz CT molecular complexity index is 1120. The van der Waals surface area contributed by atoms with Crippen LogP contribution in [0.2, 0.25) is 0 Å². The summed E-state index contributed by atoms with van der Waals surface area (Å²) in [6.07, 6.45) is 1.67. The molecule has 0 N–H and O–H groups in total. The van der Waals surface area contributed by atoms with Crippen molar-refractivity contribution in [2.45, 2.75) is 18.7 Å². The highest BCUT2D eigenvalue weighted by Gasteiger charge is 2.25. The molecule has 0 aromatic carbocycles. The van der Waals surface area contributed by atoms with Gasteiger partial charge in [0, 0.05) is 12.7 Å². The molecule has 0 aliphatic carbocycles. The largest absolute Gasteiger partial charge is 0.464 e. The third-order valence-corrected chi connectivity index (χ3v) is 5.84. The number of sulfone groups is 1. The molecule has 0 atom stereocenters. The molecule has 26 heavy (non-hydrogen) atoms. The van der Waals surface area contributed by atoms with E-state index in [0.29, 0.717) is 11.3 Å². The summed E-state index contributed by atoms with van der Waals surface area (Å²) in [6, 6.07) is 4.51. The minimum absolute atomic E-state index is 0.0129. The van der Waals surface area contributed by atoms with Crippen molar-refractivity contribution in [3.8, 4) is 11.5 Å². The van der Waals surface area contributed by atoms with Crippen LogP contribution in [0.3, 0.4) is 0 Å². The standard InChI is InChI=1S/C17H18N4O4S/c1-5-26(23,24)14-7-6-11(17(22)25-4)19-15(14)16-20-12-8-10(2)18-9-13(12)21(16)3/h6-9H,5H2,1-4H3. The first-order valence-electron chi connectivity index (χ1n) is 7.90. The summed E-state index contributed by atoms with van der Waals surface area (Å²) < 4.78 is 31.4. The first-order chi connectivity index (χ1) is 12.3. The molecular formula is C17H18N4O4S. The second kappa shape index (κ2) is 6.49. The SMILES string of the molecule is CCS(=O)(=O)c1ccc(C(=O)OC)nc1-c1nc2cc(C)ncc2n1C. The van der Waals surface area contributed by atoms with Crippen LogP contribution < -0.4 is 0 Å². The number of fused-ring (bicyclic) bond motifs is 1. The Balaban J connectivity index is 2.35. The minimum atomic E-state index is -3.57. The van der Waals surface area contributed by atoms with E-state index < -0.39 is 15.8 Å². The molecule has 9 heteroatoms. The second-order valence-electron chi connectivity index (χ2n) is 5.75. The van der Waals surface area contributed by atoms with E-state index in [0.717, 1.165) is 11.2 Å². The van der Waals surface area contributed by atoms with Gasteiger partial charge in [0.05, 0.1) is 35.0 Å². The number of imidazole rings is 1. The molecule has 3 rings (SSSR count). The van der Waals surface area contributed by atoms with Gasteiger partial charge >= 0.3 is 5.97 Å². The molecule has 8 nitrogen and oxygen atoms in total. The van der Waals surface area contributed by atoms with Crippen molar-refractivity contribution in [2.24, 2.45) is 7.05 Å². The van der Waals surface area contributed by atoms with Crippen LogP contribution in [0.4, 0.5) is 0 Å². The molecule has 3 heterocycles. The van der Waals surface area contributed by atoms with E-state index >= 15 is 0 Å². The van der Waals surface area contributed by atoms with E-state index in [1.165, 1.54) is 19.2 Å². The first-order valence-corrected chi connectivity index (χ1v) is 9.55. The fourth-order valence-electron chi connectivity index (χ4n) is 2.63. The van der Waals surface area contributed by atoms with Gasteiger partial charge in [-0.1, -0.05) is 6.92 Å². The van der Waals surface area contributed by atoms with E-state index in [4.69, 9.17) is 4.74 Å². The lowest BCUT2D eigenvalue weighted by Crippen LogP contribution is -2.12. The summed E-state index contributed by atoms with van der Waals surface area (Å²) in [5.74, 6) is -0.405. The number of carbonyl (C=O) groups is 1. The molecular weight excluding hydrogens is 356 g/mol. The maximum Gasteiger partial charge on any atom is 0.356 e. The van der Waals surface area contributed by atoms with Crippen molar-refractivity contribution in [3.05, 3.63) is 35.8 Å². The Morgan fingerprint density at radius 1 is 1.27 bits per heavy atom. The Hall–Kier alpha value is -2.81. The molecule has 3 aromatic heterocycles. The van der Waals surface area contributed by atoms with E-state index in [9.17, 15) is 13.2 Å². The third-order valence-electron chi connectivity index (χ3n) is 4.08. The number of rotatable bonds is 4. The number of ether oxygens (including phenoxy) is 1. The van der Waals surface area contributed by atoms with Crippen LogP contribution >= 0.6 is 0 Å². The maximum absolute atomic E-state index is 12.5. The minimum Gasteiger partial charge on any atom is -0.464 e. The maximum atomic E-state index is 12.5. The molecule has 3 aromatic rings. The van der Waals surface area contributed by atoms with Gasteiger partial charge in [0.25, 0.3) is 0 Å². The predicted octanol–water partition coefficient (Wildman–Crippen LogP) is 1.92. The van der Waals surface area contributed by atoms with Crippen molar-refractivity contribution in [1.29, 1.82) is 0 Å². The number of hydrogen-bond donors (Lipinski definition) is 0. The highest BCUT2D eigenvalue weighted by Crippen LogP contribution is 2.29. The van der Waals surface area contributed by atoms with Gasteiger partial charge in [-0.15, -0.1) is 0 Å². The fraction of sp³-hybridized carbons (Fsp3) is 0.294. The molecule has 0 bridgehead atoms. The van der Waals surface area contributed by atoms with Gasteiger partial charge in [0.1, 0.15) is 11.4 Å². The van der Waals surface area contributed by atoms with Gasteiger partial charge in [-0.3, -0.25) is 4.98 Å². The normalized spacial score (nSPS) is 11.7. The average molecular weight is 374 g/mol. The molecule has 136 valence electrons. The van der Waals surface area contributed by atoms with Crippen LogP contribution in [0.1, 0.15) is 23.1 Å². The Morgan fingerprint density at radius 3 is 2.65 bits per heavy atom. The molecule has 0 amide bonds. The van der Waals surface area contributed by atoms with E-state index in [2.05, 4.69) is 15.0 Å². The number of aryl methyl sites for hydroxylation is 2. The lowest BCUT2D eigenvalue weighted by atomic mass is 10.3. The average Bonchev–Trinajstić information content (AvgIpc) is 2.96. The topological polar surface area (TPSA) is 104 Å². The summed E-state index contributed by atoms with van der Waals surface area (Å²) >= 11 is 0. The summed E-state index contributed by atoms with van der Waals surface area (Å²) in [6.45, 7) is 3.40. The number of esters is 1. The van der Waals surface area contributed by atoms with Gasteiger partial charge < -0.3 is 9.30 Å². The Kier molecular flexibility index (Phi) is 4.49. The van der Waals surface area contributed by atoms with Crippen LogP contribution in [-0.4, -0.2) is 46.8 Å². The van der Waals surface area contributed by atoms with Gasteiger partial charge in [-0.25, -0.2) is 23.2 Å². The van der Waals surface area contributed by atoms with Gasteiger partial charge in [0.15, 0.2) is 15.7 Å². The van der Waals surface area contributed by atoms with Crippen molar-refractivity contribution in [3.63, 3.8) is 0 Å². The molecule has 0 radical (unpaired) electrons. The summed E-state index contributed by atoms with van der Waals surface area (Å²) in [4.78, 5) is 24.9. The Labute approximate surface area is 150 Å². The number of nitrogens with zero attached hydrogens (tertiary/aromatic N) is 4. The lowest BCUT2D eigenvalue weighted by molar-refractivity contribution is 0.0594. The molecule has 0 spiro atoms. The zero-order valence-corrected chi connectivity index (χ0v) is 15.7. The van der Waals surface area contributed by atoms with Crippen LogP contribution in [0, 0.1) is 6.92 Å². The molecule has 0 aliphatic rings. The highest BCUT2D eigenvalue weighted by atomic mass is 32.2. The van der Waals surface area contributed by atoms with Gasteiger partial charge in [-0.2, -0.15) is 0 Å². The molecule has 0 unspecified atom stereocenters. The summed E-state index contributed by atoms with van der Waals surface area (Å²) in [7, 11) is -0.586. The van der Waals surface area contributed by atoms with Crippen molar-refractivity contribution >= 4 is 26.8 Å². The number of methoxy groups -OCH3 is 1. The zero-order valence-electron chi connectivity index (χ0n) is 14.8. The zero-order chi connectivity index (χ0) is 19.1. The molecule has 0 fully saturated rings. The summed E-state index contributed by atoms with van der Waals surface area (Å²) in [5, 5.41) is 0. The Morgan fingerprint density at radius 2 is 2.00 bits per heavy atom. The van der Waals surface area contributed by atoms with Crippen molar-refractivity contribution in [1.82, 2.24) is 19.5 Å². The monoisotopic (exact) mass is 374 g/mol. The fourth-order valence-corrected chi connectivity index (χ4v) is 3.65. The molecule has 0 aliphatic heterocycles. The first kappa shape index (κ1) is 18.0. The number of hydrogen-bond acceptors (Lipinski definition) is 7. The molecule has 0 saturated carbocycles. The van der Waals surface area contributed by atoms with E-state index in [1.54, 1.807) is 30.8 Å². The van der Waals surface area contributed by atoms with Crippen LogP contribution in [-0.2, 0) is 21.6 Å². The van der Waals surface area contributed by atoms with Crippen molar-refractivity contribution in [2.75, 3.05) is 12.9 Å². The lowest BCUT2D eigenvalue weighted by Gasteiger charge is -2.10. The van der Waals surface area contributed by atoms with Crippen molar-refractivity contribution < 1.29 is 17.9 Å². The van der Waals surface area contributed by atoms with Crippen LogP contribution in [0.25, 0.3) is 22.6 Å². The molecule has 0 saturated heterocycles. The van der Waals surface area contributed by atoms with E-state index in [1.807, 2.05) is 6.92 Å². The van der Waals surface area contributed by atoms with Crippen LogP contribution in [0.15, 0.2) is 29.3 Å². The smallest absolute Gasteiger partial charge is 0.356 e. The number of aromatic nitrogens is 4. The third kappa shape index (κ3) is 2.94. The highest BCUT2D eigenvalue weighted by molar-refractivity contribution is 7.91. The predicted molar refractivity (Wildman–Crippen MR) is 95.5 cm³/mol. The van der Waals surface area contributed by atoms with Gasteiger partial charge in [-0.05, 0) is 25.1 Å². The number of carbonyl (C=O) groups excluding carboxylic acids is 1.